The molecule has 1 saturated heterocycles. The second-order valence-corrected chi connectivity index (χ2v) is 7.90. The number of nitrogens with zero attached hydrogens (tertiary/aromatic N) is 2. The maximum Gasteiger partial charge on any atom is 0.231 e. The van der Waals surface area contributed by atoms with Gasteiger partial charge in [0.15, 0.2) is 5.13 Å². The van der Waals surface area contributed by atoms with Crippen molar-refractivity contribution >= 4 is 39.9 Å². The van der Waals surface area contributed by atoms with Crippen LogP contribution in [0.25, 0.3) is 11.3 Å². The number of aromatic nitrogens is 1. The van der Waals surface area contributed by atoms with Gasteiger partial charge in [0.25, 0.3) is 0 Å². The van der Waals surface area contributed by atoms with Crippen molar-refractivity contribution in [1.29, 1.82) is 0 Å². The number of hydrogen-bond acceptors (Lipinski definition) is 6. The van der Waals surface area contributed by atoms with Crippen LogP contribution in [0.5, 0.6) is 0 Å². The van der Waals surface area contributed by atoms with Gasteiger partial charge in [-0.25, -0.2) is 4.98 Å². The number of likely N-dealkylation sites (tertiary alicyclic amines) is 1. The number of carbonyl (C=O) groups is 3. The predicted molar refractivity (Wildman–Crippen MR) is 113 cm³/mol. The van der Waals surface area contributed by atoms with Crippen LogP contribution in [0.4, 0.5) is 10.8 Å². The Morgan fingerprint density at radius 1 is 1.23 bits per heavy atom. The molecule has 1 fully saturated rings. The van der Waals surface area contributed by atoms with E-state index in [0.29, 0.717) is 29.7 Å². The Bertz CT molecular complexity index is 1060. The zero-order chi connectivity index (χ0) is 21.1. The van der Waals surface area contributed by atoms with E-state index in [1.54, 1.807) is 35.4 Å². The van der Waals surface area contributed by atoms with E-state index in [0.717, 1.165) is 11.3 Å². The van der Waals surface area contributed by atoms with Crippen LogP contribution in [0, 0.1) is 5.92 Å². The first-order valence-corrected chi connectivity index (χ1v) is 10.3. The molecule has 1 atom stereocenters. The molecule has 8 nitrogen and oxygen atoms in total. The molecule has 2 N–H and O–H groups in total. The van der Waals surface area contributed by atoms with Crippen LogP contribution in [0.15, 0.2) is 52.5 Å². The van der Waals surface area contributed by atoms with Crippen molar-refractivity contribution in [3.05, 3.63) is 53.8 Å². The van der Waals surface area contributed by atoms with Gasteiger partial charge in [-0.2, -0.15) is 0 Å². The molecule has 0 spiro atoms. The molecule has 1 aliphatic rings. The van der Waals surface area contributed by atoms with Gasteiger partial charge in [-0.3, -0.25) is 14.4 Å². The Hall–Kier alpha value is -3.46. The standard InChI is InChI=1S/C21H20N4O4S/c1-13(26)22-16-6-4-14(5-7-16)18-12-30-21(23-18)24-20(28)15-9-19(27)25(10-15)11-17-3-2-8-29-17/h2-8,12,15H,9-11H2,1H3,(H,22,26)(H,23,24,28). The summed E-state index contributed by atoms with van der Waals surface area (Å²) >= 11 is 1.33. The third-order valence-electron chi connectivity index (χ3n) is 4.75. The summed E-state index contributed by atoms with van der Waals surface area (Å²) in [4.78, 5) is 42.0. The van der Waals surface area contributed by atoms with Gasteiger partial charge in [0.2, 0.25) is 17.7 Å². The first-order chi connectivity index (χ1) is 14.5. The van der Waals surface area contributed by atoms with Crippen molar-refractivity contribution in [1.82, 2.24) is 9.88 Å². The van der Waals surface area contributed by atoms with E-state index >= 15 is 0 Å². The highest BCUT2D eigenvalue weighted by Gasteiger charge is 2.35. The van der Waals surface area contributed by atoms with Gasteiger partial charge in [-0.05, 0) is 24.3 Å². The van der Waals surface area contributed by atoms with Crippen molar-refractivity contribution < 1.29 is 18.8 Å². The van der Waals surface area contributed by atoms with Gasteiger partial charge in [-0.1, -0.05) is 12.1 Å². The number of thiazole rings is 1. The number of carbonyl (C=O) groups excluding carboxylic acids is 3. The number of hydrogen-bond donors (Lipinski definition) is 2. The van der Waals surface area contributed by atoms with E-state index in [1.807, 2.05) is 17.5 Å². The maximum absolute atomic E-state index is 12.6. The van der Waals surface area contributed by atoms with Gasteiger partial charge in [0.1, 0.15) is 5.76 Å². The Morgan fingerprint density at radius 2 is 2.03 bits per heavy atom. The lowest BCUT2D eigenvalue weighted by molar-refractivity contribution is -0.128. The van der Waals surface area contributed by atoms with E-state index in [2.05, 4.69) is 15.6 Å². The predicted octanol–water partition coefficient (Wildman–Crippen LogP) is 3.35. The van der Waals surface area contributed by atoms with Crippen LogP contribution in [0.3, 0.4) is 0 Å². The van der Waals surface area contributed by atoms with Gasteiger partial charge < -0.3 is 20.0 Å². The summed E-state index contributed by atoms with van der Waals surface area (Å²) in [6, 6.07) is 10.9. The van der Waals surface area contributed by atoms with Gasteiger partial charge in [0, 0.05) is 36.5 Å². The Labute approximate surface area is 176 Å². The van der Waals surface area contributed by atoms with Crippen LogP contribution in [0.1, 0.15) is 19.1 Å². The lowest BCUT2D eigenvalue weighted by Crippen LogP contribution is -2.27. The molecule has 4 rings (SSSR count). The first-order valence-electron chi connectivity index (χ1n) is 9.42. The number of furan rings is 1. The summed E-state index contributed by atoms with van der Waals surface area (Å²) in [6.45, 7) is 2.18. The summed E-state index contributed by atoms with van der Waals surface area (Å²) in [5, 5.41) is 7.87. The summed E-state index contributed by atoms with van der Waals surface area (Å²) in [6.07, 6.45) is 1.74. The topological polar surface area (TPSA) is 105 Å². The molecule has 0 aliphatic carbocycles. The molecule has 1 unspecified atom stereocenters. The average Bonchev–Trinajstić information content (AvgIpc) is 3.45. The monoisotopic (exact) mass is 424 g/mol. The Balaban J connectivity index is 1.36. The third kappa shape index (κ3) is 4.57. The molecular formula is C21H20N4O4S. The molecule has 3 heterocycles. The molecule has 154 valence electrons. The molecule has 3 aromatic rings. The fourth-order valence-corrected chi connectivity index (χ4v) is 4.01. The number of rotatable bonds is 6. The SMILES string of the molecule is CC(=O)Nc1ccc(-c2csc(NC(=O)C3CC(=O)N(Cc4ccco4)C3)n2)cc1. The summed E-state index contributed by atoms with van der Waals surface area (Å²) in [7, 11) is 0. The molecular weight excluding hydrogens is 404 g/mol. The summed E-state index contributed by atoms with van der Waals surface area (Å²) in [5.41, 5.74) is 2.31. The number of amides is 3. The number of nitrogens with one attached hydrogen (secondary N) is 2. The quantitative estimate of drug-likeness (QED) is 0.631. The van der Waals surface area contributed by atoms with Crippen LogP contribution in [-0.4, -0.2) is 34.2 Å². The summed E-state index contributed by atoms with van der Waals surface area (Å²) in [5.74, 6) is -0.136. The largest absolute Gasteiger partial charge is 0.467 e. The zero-order valence-corrected chi connectivity index (χ0v) is 17.1. The highest BCUT2D eigenvalue weighted by Crippen LogP contribution is 2.27. The number of benzene rings is 1. The Kier molecular flexibility index (Phi) is 5.62. The zero-order valence-electron chi connectivity index (χ0n) is 16.3. The molecule has 0 bridgehead atoms. The van der Waals surface area contributed by atoms with Crippen LogP contribution >= 0.6 is 11.3 Å². The van der Waals surface area contributed by atoms with E-state index in [9.17, 15) is 14.4 Å². The van der Waals surface area contributed by atoms with E-state index in [-0.39, 0.29) is 24.1 Å². The Morgan fingerprint density at radius 3 is 2.73 bits per heavy atom. The van der Waals surface area contributed by atoms with E-state index < -0.39 is 5.92 Å². The normalized spacial score (nSPS) is 16.0. The molecule has 0 saturated carbocycles. The van der Waals surface area contributed by atoms with Gasteiger partial charge >= 0.3 is 0 Å². The molecule has 3 amide bonds. The second-order valence-electron chi connectivity index (χ2n) is 7.04. The van der Waals surface area contributed by atoms with Crippen molar-refractivity contribution in [2.24, 2.45) is 5.92 Å². The molecule has 1 aliphatic heterocycles. The minimum Gasteiger partial charge on any atom is -0.467 e. The first kappa shape index (κ1) is 19.8. The second kappa shape index (κ2) is 8.50. The number of anilines is 2. The highest BCUT2D eigenvalue weighted by atomic mass is 32.1. The van der Waals surface area contributed by atoms with E-state index in [1.165, 1.54) is 18.3 Å². The van der Waals surface area contributed by atoms with Crippen LogP contribution in [-0.2, 0) is 20.9 Å². The maximum atomic E-state index is 12.6. The van der Waals surface area contributed by atoms with Crippen molar-refractivity contribution in [3.8, 4) is 11.3 Å². The minimum absolute atomic E-state index is 0.0642. The van der Waals surface area contributed by atoms with Crippen LogP contribution in [0.2, 0.25) is 0 Å². The lowest BCUT2D eigenvalue weighted by Gasteiger charge is -2.14. The lowest BCUT2D eigenvalue weighted by atomic mass is 10.1. The fourth-order valence-electron chi connectivity index (χ4n) is 3.29. The smallest absolute Gasteiger partial charge is 0.231 e. The summed E-state index contributed by atoms with van der Waals surface area (Å²) < 4.78 is 5.28. The van der Waals surface area contributed by atoms with Crippen molar-refractivity contribution in [2.75, 3.05) is 17.2 Å². The molecule has 1 aromatic carbocycles. The third-order valence-corrected chi connectivity index (χ3v) is 5.51. The molecule has 2 aromatic heterocycles. The van der Waals surface area contributed by atoms with Crippen molar-refractivity contribution in [2.45, 2.75) is 19.9 Å². The van der Waals surface area contributed by atoms with Gasteiger partial charge in [0.05, 0.1) is 24.4 Å². The van der Waals surface area contributed by atoms with Gasteiger partial charge in [-0.15, -0.1) is 11.3 Å². The molecule has 0 radical (unpaired) electrons. The fraction of sp³-hybridized carbons (Fsp3) is 0.238. The van der Waals surface area contributed by atoms with Crippen molar-refractivity contribution in [3.63, 3.8) is 0 Å². The average molecular weight is 424 g/mol. The van der Waals surface area contributed by atoms with E-state index in [4.69, 9.17) is 4.42 Å². The minimum atomic E-state index is -0.420. The molecule has 30 heavy (non-hydrogen) atoms. The molecule has 9 heteroatoms. The highest BCUT2D eigenvalue weighted by molar-refractivity contribution is 7.14. The van der Waals surface area contributed by atoms with Crippen LogP contribution < -0.4 is 10.6 Å².